The second kappa shape index (κ2) is 5.15. The van der Waals surface area contributed by atoms with Crippen LogP contribution in [0.15, 0.2) is 24.5 Å². The van der Waals surface area contributed by atoms with Crippen LogP contribution in [0.2, 0.25) is 0 Å². The molecule has 0 unspecified atom stereocenters. The van der Waals surface area contributed by atoms with Crippen LogP contribution in [0.3, 0.4) is 0 Å². The minimum atomic E-state index is 1.07. The van der Waals surface area contributed by atoms with E-state index in [4.69, 9.17) is 0 Å². The van der Waals surface area contributed by atoms with Gasteiger partial charge in [0.05, 0.1) is 5.69 Å². The van der Waals surface area contributed by atoms with Gasteiger partial charge in [-0.1, -0.05) is 26.2 Å². The summed E-state index contributed by atoms with van der Waals surface area (Å²) in [6, 6.07) is 4.26. The lowest BCUT2D eigenvalue weighted by molar-refractivity contribution is 0.662. The first-order chi connectivity index (χ1) is 7.79. The summed E-state index contributed by atoms with van der Waals surface area (Å²) in [5.41, 5.74) is 3.57. The normalized spacial score (nSPS) is 11.1. The smallest absolute Gasteiger partial charge is 0.137 e. The largest absolute Gasteiger partial charge is 0.307 e. The van der Waals surface area contributed by atoms with Gasteiger partial charge in [-0.05, 0) is 37.5 Å². The van der Waals surface area contributed by atoms with Crippen LogP contribution in [0.5, 0.6) is 0 Å². The Bertz CT molecular complexity index is 457. The zero-order valence-corrected chi connectivity index (χ0v) is 10.2. The van der Waals surface area contributed by atoms with Gasteiger partial charge in [-0.3, -0.25) is 0 Å². The van der Waals surface area contributed by atoms with Crippen molar-refractivity contribution in [1.29, 1.82) is 0 Å². The summed E-state index contributed by atoms with van der Waals surface area (Å²) < 4.78 is 2.11. The van der Waals surface area contributed by atoms with E-state index in [0.717, 1.165) is 12.1 Å². The molecule has 0 fully saturated rings. The molecule has 0 aromatic carbocycles. The zero-order chi connectivity index (χ0) is 11.4. The molecule has 0 saturated carbocycles. The van der Waals surface area contributed by atoms with Crippen molar-refractivity contribution in [1.82, 2.24) is 9.38 Å². The molecule has 2 nitrogen and oxygen atoms in total. The van der Waals surface area contributed by atoms with Crippen LogP contribution >= 0.6 is 0 Å². The number of unbranched alkanes of at least 4 members (excludes halogenated alkanes) is 3. The maximum atomic E-state index is 4.63. The van der Waals surface area contributed by atoms with Crippen molar-refractivity contribution >= 4 is 5.65 Å². The minimum absolute atomic E-state index is 1.07. The third-order valence-corrected chi connectivity index (χ3v) is 2.95. The topological polar surface area (TPSA) is 17.3 Å². The first-order valence-corrected chi connectivity index (χ1v) is 6.24. The van der Waals surface area contributed by atoms with Crippen LogP contribution in [-0.4, -0.2) is 9.38 Å². The molecule has 2 rings (SSSR count). The van der Waals surface area contributed by atoms with E-state index >= 15 is 0 Å². The lowest BCUT2D eigenvalue weighted by Crippen LogP contribution is -1.85. The van der Waals surface area contributed by atoms with Gasteiger partial charge in [0, 0.05) is 12.4 Å². The molecule has 2 aromatic heterocycles. The van der Waals surface area contributed by atoms with Gasteiger partial charge in [-0.15, -0.1) is 0 Å². The van der Waals surface area contributed by atoms with E-state index in [9.17, 15) is 0 Å². The molecule has 2 heteroatoms. The third-order valence-electron chi connectivity index (χ3n) is 2.95. The van der Waals surface area contributed by atoms with E-state index in [-0.39, 0.29) is 0 Å². The van der Waals surface area contributed by atoms with E-state index in [0.29, 0.717) is 0 Å². The number of aromatic nitrogens is 2. The van der Waals surface area contributed by atoms with Crippen LogP contribution in [0.25, 0.3) is 5.65 Å². The Kier molecular flexibility index (Phi) is 3.60. The Hall–Kier alpha value is -1.31. The molecule has 0 N–H and O–H groups in total. The Morgan fingerprint density at radius 2 is 2.12 bits per heavy atom. The summed E-state index contributed by atoms with van der Waals surface area (Å²) in [6.45, 7) is 4.35. The van der Waals surface area contributed by atoms with Crippen molar-refractivity contribution in [3.8, 4) is 0 Å². The van der Waals surface area contributed by atoms with Crippen LogP contribution in [0, 0.1) is 6.92 Å². The molecule has 16 heavy (non-hydrogen) atoms. The average molecular weight is 216 g/mol. The van der Waals surface area contributed by atoms with Gasteiger partial charge < -0.3 is 4.40 Å². The van der Waals surface area contributed by atoms with Gasteiger partial charge in [0.15, 0.2) is 0 Å². The molecule has 0 radical (unpaired) electrons. The quantitative estimate of drug-likeness (QED) is 0.695. The number of hydrogen-bond donors (Lipinski definition) is 0. The molecular weight excluding hydrogens is 196 g/mol. The van der Waals surface area contributed by atoms with Crippen LogP contribution < -0.4 is 0 Å². The molecule has 0 aliphatic heterocycles. The minimum Gasteiger partial charge on any atom is -0.307 e. The standard InChI is InChI=1S/C14H20N2/c1-3-4-5-6-7-13-11-16-9-8-12(2)10-14(16)15-13/h8-11H,3-7H2,1-2H3. The number of pyridine rings is 1. The molecule has 2 heterocycles. The molecule has 0 saturated heterocycles. The van der Waals surface area contributed by atoms with Crippen LogP contribution in [0.4, 0.5) is 0 Å². The molecule has 2 aromatic rings. The average Bonchev–Trinajstić information content (AvgIpc) is 2.66. The van der Waals surface area contributed by atoms with Crippen molar-refractivity contribution in [3.05, 3.63) is 35.8 Å². The highest BCUT2D eigenvalue weighted by molar-refractivity contribution is 5.42. The van der Waals surface area contributed by atoms with E-state index in [2.05, 4.69) is 47.8 Å². The van der Waals surface area contributed by atoms with Gasteiger partial charge >= 0.3 is 0 Å². The van der Waals surface area contributed by atoms with Crippen molar-refractivity contribution < 1.29 is 0 Å². The Morgan fingerprint density at radius 1 is 1.25 bits per heavy atom. The van der Waals surface area contributed by atoms with Crippen molar-refractivity contribution in [3.63, 3.8) is 0 Å². The third kappa shape index (κ3) is 2.63. The van der Waals surface area contributed by atoms with Crippen LogP contribution in [0.1, 0.15) is 43.9 Å². The highest BCUT2D eigenvalue weighted by Gasteiger charge is 2.01. The Labute approximate surface area is 97.3 Å². The maximum Gasteiger partial charge on any atom is 0.137 e. The van der Waals surface area contributed by atoms with Gasteiger partial charge in [0.25, 0.3) is 0 Å². The summed E-state index contributed by atoms with van der Waals surface area (Å²) in [7, 11) is 0. The van der Waals surface area contributed by atoms with Crippen molar-refractivity contribution in [2.45, 2.75) is 46.0 Å². The lowest BCUT2D eigenvalue weighted by Gasteiger charge is -1.95. The fourth-order valence-corrected chi connectivity index (χ4v) is 1.99. The molecule has 0 amide bonds. The number of rotatable bonds is 5. The Balaban J connectivity index is 2.02. The predicted octanol–water partition coefficient (Wildman–Crippen LogP) is 3.77. The summed E-state index contributed by atoms with van der Waals surface area (Å²) in [5.74, 6) is 0. The maximum absolute atomic E-state index is 4.63. The first-order valence-electron chi connectivity index (χ1n) is 6.24. The highest BCUT2D eigenvalue weighted by atomic mass is 15.0. The monoisotopic (exact) mass is 216 g/mol. The number of hydrogen-bond acceptors (Lipinski definition) is 1. The lowest BCUT2D eigenvalue weighted by atomic mass is 10.1. The SMILES string of the molecule is CCCCCCc1cn2ccc(C)cc2n1. The first kappa shape index (κ1) is 11.2. The second-order valence-electron chi connectivity index (χ2n) is 4.51. The van der Waals surface area contributed by atoms with Crippen molar-refractivity contribution in [2.75, 3.05) is 0 Å². The van der Waals surface area contributed by atoms with E-state index in [1.165, 1.54) is 36.9 Å². The van der Waals surface area contributed by atoms with Gasteiger partial charge in [-0.25, -0.2) is 4.98 Å². The predicted molar refractivity (Wildman–Crippen MR) is 67.8 cm³/mol. The van der Waals surface area contributed by atoms with E-state index in [1.807, 2.05) is 0 Å². The number of nitrogens with zero attached hydrogens (tertiary/aromatic N) is 2. The van der Waals surface area contributed by atoms with E-state index < -0.39 is 0 Å². The molecule has 0 spiro atoms. The summed E-state index contributed by atoms with van der Waals surface area (Å²) >= 11 is 0. The molecule has 0 aliphatic rings. The highest BCUT2D eigenvalue weighted by Crippen LogP contribution is 2.10. The zero-order valence-electron chi connectivity index (χ0n) is 10.2. The molecular formula is C14H20N2. The van der Waals surface area contributed by atoms with Gasteiger partial charge in [0.1, 0.15) is 5.65 Å². The summed E-state index contributed by atoms with van der Waals surface area (Å²) in [5, 5.41) is 0. The number of aryl methyl sites for hydroxylation is 2. The Morgan fingerprint density at radius 3 is 2.94 bits per heavy atom. The summed E-state index contributed by atoms with van der Waals surface area (Å²) in [4.78, 5) is 4.63. The van der Waals surface area contributed by atoms with Crippen molar-refractivity contribution in [2.24, 2.45) is 0 Å². The molecule has 0 bridgehead atoms. The van der Waals surface area contributed by atoms with Crippen LogP contribution in [-0.2, 0) is 6.42 Å². The second-order valence-corrected chi connectivity index (χ2v) is 4.51. The molecule has 0 atom stereocenters. The van der Waals surface area contributed by atoms with Gasteiger partial charge in [-0.2, -0.15) is 0 Å². The number of fused-ring (bicyclic) bond motifs is 1. The summed E-state index contributed by atoms with van der Waals surface area (Å²) in [6.07, 6.45) is 10.6. The molecule has 0 aliphatic carbocycles. The fourth-order valence-electron chi connectivity index (χ4n) is 1.99. The van der Waals surface area contributed by atoms with Gasteiger partial charge in [0.2, 0.25) is 0 Å². The molecule has 86 valence electrons. The number of imidazole rings is 1. The fraction of sp³-hybridized carbons (Fsp3) is 0.500. The van der Waals surface area contributed by atoms with E-state index in [1.54, 1.807) is 0 Å².